The molecule has 0 saturated heterocycles. The summed E-state index contributed by atoms with van der Waals surface area (Å²) in [6.07, 6.45) is 1.69. The van der Waals surface area contributed by atoms with Crippen LogP contribution in [0.15, 0.2) is 30.5 Å². The van der Waals surface area contributed by atoms with Crippen LogP contribution in [0.2, 0.25) is 0 Å². The molecule has 2 rings (SSSR count). The molecule has 76 valence electrons. The van der Waals surface area contributed by atoms with E-state index >= 15 is 0 Å². The number of ether oxygens (including phenoxy) is 1. The number of hydrogen-bond donors (Lipinski definition) is 0. The van der Waals surface area contributed by atoms with E-state index in [1.807, 2.05) is 6.07 Å². The zero-order valence-corrected chi connectivity index (χ0v) is 8.30. The van der Waals surface area contributed by atoms with Crippen LogP contribution in [0.5, 0.6) is 0 Å². The monoisotopic (exact) mass is 202 g/mol. The van der Waals surface area contributed by atoms with Crippen molar-refractivity contribution in [1.29, 1.82) is 0 Å². The summed E-state index contributed by atoms with van der Waals surface area (Å²) in [6, 6.07) is 6.97. The minimum atomic E-state index is -0.400. The number of hydrogen-bond acceptors (Lipinski definition) is 4. The fourth-order valence-corrected chi connectivity index (χ4v) is 1.28. The SMILES string of the molecule is CCOC(=O)c1ccc2ncccc2n1. The van der Waals surface area contributed by atoms with Gasteiger partial charge in [-0.1, -0.05) is 0 Å². The predicted octanol–water partition coefficient (Wildman–Crippen LogP) is 1.81. The minimum absolute atomic E-state index is 0.317. The van der Waals surface area contributed by atoms with E-state index in [1.54, 1.807) is 31.3 Å². The Morgan fingerprint density at radius 1 is 1.33 bits per heavy atom. The molecule has 0 aliphatic heterocycles. The molecule has 0 aliphatic rings. The minimum Gasteiger partial charge on any atom is -0.461 e. The molecule has 2 aromatic rings. The van der Waals surface area contributed by atoms with Crippen molar-refractivity contribution in [2.45, 2.75) is 6.92 Å². The summed E-state index contributed by atoms with van der Waals surface area (Å²) in [7, 11) is 0. The van der Waals surface area contributed by atoms with Crippen LogP contribution in [0.25, 0.3) is 11.0 Å². The summed E-state index contributed by atoms with van der Waals surface area (Å²) in [4.78, 5) is 19.7. The molecule has 0 aromatic carbocycles. The first-order valence-corrected chi connectivity index (χ1v) is 4.70. The third-order valence-corrected chi connectivity index (χ3v) is 1.94. The Bertz CT molecular complexity index is 497. The summed E-state index contributed by atoms with van der Waals surface area (Å²) < 4.78 is 4.85. The Hall–Kier alpha value is -1.97. The molecule has 4 nitrogen and oxygen atoms in total. The molecule has 0 bridgehead atoms. The van der Waals surface area contributed by atoms with Crippen LogP contribution >= 0.6 is 0 Å². The second kappa shape index (κ2) is 4.04. The van der Waals surface area contributed by atoms with Crippen molar-refractivity contribution < 1.29 is 9.53 Å². The first kappa shape index (κ1) is 9.58. The van der Waals surface area contributed by atoms with Crippen LogP contribution in [-0.4, -0.2) is 22.5 Å². The lowest BCUT2D eigenvalue weighted by molar-refractivity contribution is 0.0520. The van der Waals surface area contributed by atoms with Crippen LogP contribution in [-0.2, 0) is 4.74 Å². The Balaban J connectivity index is 2.42. The third kappa shape index (κ3) is 1.93. The fourth-order valence-electron chi connectivity index (χ4n) is 1.28. The normalized spacial score (nSPS) is 10.2. The molecule has 0 fully saturated rings. The van der Waals surface area contributed by atoms with Gasteiger partial charge in [-0.25, -0.2) is 9.78 Å². The number of nitrogens with zero attached hydrogens (tertiary/aromatic N) is 2. The topological polar surface area (TPSA) is 52.1 Å². The molecular weight excluding hydrogens is 192 g/mol. The lowest BCUT2D eigenvalue weighted by Gasteiger charge is -2.01. The quantitative estimate of drug-likeness (QED) is 0.697. The van der Waals surface area contributed by atoms with Gasteiger partial charge in [0.2, 0.25) is 0 Å². The van der Waals surface area contributed by atoms with Crippen molar-refractivity contribution in [2.75, 3.05) is 6.61 Å². The molecule has 0 radical (unpaired) electrons. The van der Waals surface area contributed by atoms with Crippen molar-refractivity contribution in [1.82, 2.24) is 9.97 Å². The third-order valence-electron chi connectivity index (χ3n) is 1.94. The Kier molecular flexibility index (Phi) is 2.58. The first-order chi connectivity index (χ1) is 7.31. The maximum absolute atomic E-state index is 11.4. The summed E-state index contributed by atoms with van der Waals surface area (Å²) in [6.45, 7) is 2.12. The summed E-state index contributed by atoms with van der Waals surface area (Å²) in [5.41, 5.74) is 1.78. The van der Waals surface area contributed by atoms with E-state index in [1.165, 1.54) is 0 Å². The smallest absolute Gasteiger partial charge is 0.356 e. The van der Waals surface area contributed by atoms with E-state index in [0.717, 1.165) is 5.52 Å². The Morgan fingerprint density at radius 3 is 3.00 bits per heavy atom. The second-order valence-electron chi connectivity index (χ2n) is 2.96. The number of carbonyl (C=O) groups excluding carboxylic acids is 1. The van der Waals surface area contributed by atoms with Gasteiger partial charge in [0.05, 0.1) is 17.6 Å². The van der Waals surface area contributed by atoms with Crippen LogP contribution in [0.4, 0.5) is 0 Å². The highest BCUT2D eigenvalue weighted by Gasteiger charge is 2.08. The van der Waals surface area contributed by atoms with E-state index in [4.69, 9.17) is 4.74 Å². The number of aromatic nitrogens is 2. The molecule has 0 saturated carbocycles. The van der Waals surface area contributed by atoms with E-state index < -0.39 is 5.97 Å². The molecule has 0 unspecified atom stereocenters. The molecule has 0 spiro atoms. The fraction of sp³-hybridized carbons (Fsp3) is 0.182. The van der Waals surface area contributed by atoms with Gasteiger partial charge in [0, 0.05) is 6.20 Å². The van der Waals surface area contributed by atoms with E-state index in [9.17, 15) is 4.79 Å². The zero-order valence-electron chi connectivity index (χ0n) is 8.30. The highest BCUT2D eigenvalue weighted by atomic mass is 16.5. The second-order valence-corrected chi connectivity index (χ2v) is 2.96. The number of pyridine rings is 2. The molecule has 0 amide bonds. The Labute approximate surface area is 86.9 Å². The standard InChI is InChI=1S/C11H10N2O2/c1-2-15-11(14)10-6-5-8-9(13-10)4-3-7-12-8/h3-7H,2H2,1H3. The molecule has 15 heavy (non-hydrogen) atoms. The van der Waals surface area contributed by atoms with Gasteiger partial charge in [-0.15, -0.1) is 0 Å². The highest BCUT2D eigenvalue weighted by molar-refractivity contribution is 5.90. The zero-order chi connectivity index (χ0) is 10.7. The van der Waals surface area contributed by atoms with Gasteiger partial charge < -0.3 is 4.74 Å². The number of fused-ring (bicyclic) bond motifs is 1. The number of carbonyl (C=O) groups is 1. The number of rotatable bonds is 2. The van der Waals surface area contributed by atoms with Crippen LogP contribution in [0.1, 0.15) is 17.4 Å². The van der Waals surface area contributed by atoms with Gasteiger partial charge in [-0.2, -0.15) is 0 Å². The van der Waals surface area contributed by atoms with E-state index in [2.05, 4.69) is 9.97 Å². The van der Waals surface area contributed by atoms with Gasteiger partial charge in [0.25, 0.3) is 0 Å². The highest BCUT2D eigenvalue weighted by Crippen LogP contribution is 2.09. The van der Waals surface area contributed by atoms with Crippen LogP contribution < -0.4 is 0 Å². The van der Waals surface area contributed by atoms with Gasteiger partial charge in [0.1, 0.15) is 5.69 Å². The summed E-state index contributed by atoms with van der Waals surface area (Å²) >= 11 is 0. The molecular formula is C11H10N2O2. The average Bonchev–Trinajstić information content (AvgIpc) is 2.29. The maximum atomic E-state index is 11.4. The maximum Gasteiger partial charge on any atom is 0.356 e. The summed E-state index contributed by atoms with van der Waals surface area (Å²) in [5, 5.41) is 0. The van der Waals surface area contributed by atoms with Crippen molar-refractivity contribution >= 4 is 17.0 Å². The van der Waals surface area contributed by atoms with Gasteiger partial charge in [0.15, 0.2) is 0 Å². The molecule has 4 heteroatoms. The van der Waals surface area contributed by atoms with Crippen molar-refractivity contribution in [3.63, 3.8) is 0 Å². The molecule has 2 heterocycles. The van der Waals surface area contributed by atoms with Crippen LogP contribution in [0, 0.1) is 0 Å². The van der Waals surface area contributed by atoms with Gasteiger partial charge in [-0.3, -0.25) is 4.98 Å². The Morgan fingerprint density at radius 2 is 2.20 bits per heavy atom. The van der Waals surface area contributed by atoms with Crippen LogP contribution in [0.3, 0.4) is 0 Å². The van der Waals surface area contributed by atoms with Crippen molar-refractivity contribution in [2.24, 2.45) is 0 Å². The first-order valence-electron chi connectivity index (χ1n) is 4.70. The molecule has 0 N–H and O–H groups in total. The molecule has 0 atom stereocenters. The van der Waals surface area contributed by atoms with Crippen molar-refractivity contribution in [3.8, 4) is 0 Å². The van der Waals surface area contributed by atoms with Crippen molar-refractivity contribution in [3.05, 3.63) is 36.2 Å². The molecule has 0 aliphatic carbocycles. The predicted molar refractivity (Wildman–Crippen MR) is 55.5 cm³/mol. The number of esters is 1. The van der Waals surface area contributed by atoms with Gasteiger partial charge in [-0.05, 0) is 31.2 Å². The molecule has 2 aromatic heterocycles. The lowest BCUT2D eigenvalue weighted by atomic mass is 10.3. The van der Waals surface area contributed by atoms with E-state index in [-0.39, 0.29) is 0 Å². The summed E-state index contributed by atoms with van der Waals surface area (Å²) in [5.74, 6) is -0.400. The van der Waals surface area contributed by atoms with Gasteiger partial charge >= 0.3 is 5.97 Å². The average molecular weight is 202 g/mol. The lowest BCUT2D eigenvalue weighted by Crippen LogP contribution is -2.06. The largest absolute Gasteiger partial charge is 0.461 e. The van der Waals surface area contributed by atoms with E-state index in [0.29, 0.717) is 17.8 Å².